The predicted octanol–water partition coefficient (Wildman–Crippen LogP) is 1.37. The lowest BCUT2D eigenvalue weighted by Crippen LogP contribution is -2.54. The van der Waals surface area contributed by atoms with E-state index < -0.39 is 69.8 Å². The van der Waals surface area contributed by atoms with Crippen LogP contribution in [0, 0.1) is 5.92 Å². The lowest BCUT2D eigenvalue weighted by Gasteiger charge is -2.25. The molecule has 0 aliphatic carbocycles. The highest BCUT2D eigenvalue weighted by molar-refractivity contribution is 7.91. The van der Waals surface area contributed by atoms with Gasteiger partial charge in [-0.1, -0.05) is 62.4 Å². The van der Waals surface area contributed by atoms with E-state index in [0.29, 0.717) is 23.6 Å². The highest BCUT2D eigenvalue weighted by Crippen LogP contribution is 2.20. The Labute approximate surface area is 297 Å². The van der Waals surface area contributed by atoms with Gasteiger partial charge in [0.1, 0.15) is 24.5 Å². The number of benzene rings is 2. The Bertz CT molecular complexity index is 1800. The van der Waals surface area contributed by atoms with Crippen LogP contribution < -0.4 is 21.3 Å². The van der Waals surface area contributed by atoms with Crippen molar-refractivity contribution in [3.05, 3.63) is 66.5 Å². The third-order valence-electron chi connectivity index (χ3n) is 8.18. The molecule has 274 valence electrons. The fourth-order valence-electron chi connectivity index (χ4n) is 5.51. The number of aromatic nitrogens is 3. The van der Waals surface area contributed by atoms with Crippen LogP contribution in [0.15, 0.2) is 65.6 Å². The lowest BCUT2D eigenvalue weighted by molar-refractivity contribution is -0.137. The monoisotopic (exact) mass is 722 g/mol. The summed E-state index contributed by atoms with van der Waals surface area (Å²) in [7, 11) is -3.76. The third kappa shape index (κ3) is 11.2. The number of hydrogen-bond acceptors (Lipinski definition) is 9. The maximum absolute atomic E-state index is 13.6. The molecule has 0 spiro atoms. The Hall–Kier alpha value is -5.12. The van der Waals surface area contributed by atoms with Gasteiger partial charge in [0.2, 0.25) is 29.5 Å². The Morgan fingerprint density at radius 1 is 0.863 bits per heavy atom. The first-order chi connectivity index (χ1) is 24.2. The summed E-state index contributed by atoms with van der Waals surface area (Å²) in [6.07, 6.45) is 0.161. The second-order valence-corrected chi connectivity index (χ2v) is 15.0. The second kappa shape index (κ2) is 17.7. The highest BCUT2D eigenvalue weighted by atomic mass is 32.2. The van der Waals surface area contributed by atoms with Gasteiger partial charge in [0.25, 0.3) is 0 Å². The van der Waals surface area contributed by atoms with Gasteiger partial charge in [0.15, 0.2) is 15.7 Å². The van der Waals surface area contributed by atoms with Crippen LogP contribution in [0.4, 0.5) is 0 Å². The number of nitrogens with zero attached hydrogens (tertiary/aromatic N) is 4. The van der Waals surface area contributed by atoms with Crippen LogP contribution >= 0.6 is 0 Å². The first-order valence-electron chi connectivity index (χ1n) is 17.0. The van der Waals surface area contributed by atoms with Gasteiger partial charge in [0, 0.05) is 25.1 Å². The van der Waals surface area contributed by atoms with Crippen molar-refractivity contribution in [1.82, 2.24) is 40.9 Å². The second-order valence-electron chi connectivity index (χ2n) is 12.9. The maximum Gasteiger partial charge on any atom is 0.243 e. The number of rotatable bonds is 7. The van der Waals surface area contributed by atoms with Gasteiger partial charge in [-0.25, -0.2) is 18.1 Å². The summed E-state index contributed by atoms with van der Waals surface area (Å²) in [6.45, 7) is 6.46. The van der Waals surface area contributed by atoms with Crippen LogP contribution in [-0.2, 0) is 40.4 Å². The van der Waals surface area contributed by atoms with Crippen molar-refractivity contribution in [2.24, 2.45) is 5.92 Å². The van der Waals surface area contributed by atoms with E-state index in [1.165, 1.54) is 28.6 Å². The van der Waals surface area contributed by atoms with Crippen LogP contribution in [0.5, 0.6) is 0 Å². The lowest BCUT2D eigenvalue weighted by atomic mass is 10.0. The molecule has 3 atom stereocenters. The van der Waals surface area contributed by atoms with Crippen LogP contribution in [-0.4, -0.2) is 95.1 Å². The summed E-state index contributed by atoms with van der Waals surface area (Å²) in [6, 6.07) is 14.2. The van der Waals surface area contributed by atoms with E-state index in [1.807, 2.05) is 44.2 Å². The zero-order valence-electron chi connectivity index (χ0n) is 29.3. The van der Waals surface area contributed by atoms with Gasteiger partial charge in [-0.05, 0) is 44.7 Å². The molecule has 0 saturated heterocycles. The summed E-state index contributed by atoms with van der Waals surface area (Å²) in [5, 5.41) is 15.6. The number of nitrogens with one attached hydrogen (secondary N) is 4. The molecular weight excluding hydrogens is 677 g/mol. The van der Waals surface area contributed by atoms with Gasteiger partial charge >= 0.3 is 0 Å². The van der Waals surface area contributed by atoms with Crippen molar-refractivity contribution in [2.75, 3.05) is 25.4 Å². The molecule has 51 heavy (non-hydrogen) atoms. The molecule has 1 aliphatic heterocycles. The molecule has 3 aromatic rings. The number of fused-ring (bicyclic) bond motifs is 1. The number of carbonyl (C=O) groups is 5. The maximum atomic E-state index is 13.6. The van der Waals surface area contributed by atoms with Crippen LogP contribution in [0.3, 0.4) is 0 Å². The van der Waals surface area contributed by atoms with E-state index in [1.54, 1.807) is 25.1 Å². The number of amides is 5. The number of hydrogen-bond donors (Lipinski definition) is 4. The first-order valence-corrected chi connectivity index (χ1v) is 18.6. The SMILES string of the molecule is CC(C)C[C@H]1NC(=O)[C@@H](C)NC(=O)CN(C(=O)CCS(=O)(=O)c2ccccc2)CCCNC(=O)Cn2nc(-c3ccccc3)nc2[C@H](C)NC1=O. The summed E-state index contributed by atoms with van der Waals surface area (Å²) < 4.78 is 27.1. The van der Waals surface area contributed by atoms with Crippen molar-refractivity contribution in [2.45, 2.75) is 76.5 Å². The Kier molecular flexibility index (Phi) is 13.4. The average molecular weight is 723 g/mol. The summed E-state index contributed by atoms with van der Waals surface area (Å²) in [5.41, 5.74) is 0.716. The number of sulfone groups is 1. The third-order valence-corrected chi connectivity index (χ3v) is 9.92. The van der Waals surface area contributed by atoms with E-state index >= 15 is 0 Å². The minimum Gasteiger partial charge on any atom is -0.354 e. The number of carbonyl (C=O) groups excluding carboxylic acids is 5. The molecule has 0 radical (unpaired) electrons. The van der Waals surface area contributed by atoms with Gasteiger partial charge in [0.05, 0.1) is 23.2 Å². The minimum absolute atomic E-state index is 0.0187. The Morgan fingerprint density at radius 3 is 2.20 bits per heavy atom. The summed E-state index contributed by atoms with van der Waals surface area (Å²) in [4.78, 5) is 72.3. The van der Waals surface area contributed by atoms with Gasteiger partial charge in [-0.2, -0.15) is 5.10 Å². The van der Waals surface area contributed by atoms with Crippen molar-refractivity contribution in [3.8, 4) is 11.4 Å². The van der Waals surface area contributed by atoms with Gasteiger partial charge < -0.3 is 26.2 Å². The zero-order valence-corrected chi connectivity index (χ0v) is 30.1. The fraction of sp³-hybridized carbons (Fsp3) is 0.457. The van der Waals surface area contributed by atoms with E-state index in [2.05, 4.69) is 31.3 Å². The molecule has 2 heterocycles. The molecule has 1 aliphatic rings. The fourth-order valence-corrected chi connectivity index (χ4v) is 6.76. The summed E-state index contributed by atoms with van der Waals surface area (Å²) in [5.74, 6) is -2.48. The molecule has 1 aromatic heterocycles. The summed E-state index contributed by atoms with van der Waals surface area (Å²) >= 11 is 0. The van der Waals surface area contributed by atoms with E-state index in [0.717, 1.165) is 0 Å². The highest BCUT2D eigenvalue weighted by Gasteiger charge is 2.29. The van der Waals surface area contributed by atoms with E-state index in [4.69, 9.17) is 0 Å². The predicted molar refractivity (Wildman–Crippen MR) is 188 cm³/mol. The zero-order chi connectivity index (χ0) is 37.1. The molecule has 0 unspecified atom stereocenters. The molecule has 0 bridgehead atoms. The van der Waals surface area contributed by atoms with Crippen molar-refractivity contribution in [1.29, 1.82) is 0 Å². The van der Waals surface area contributed by atoms with E-state index in [-0.39, 0.29) is 43.3 Å². The molecule has 0 fully saturated rings. The average Bonchev–Trinajstić information content (AvgIpc) is 3.52. The molecule has 5 amide bonds. The van der Waals surface area contributed by atoms with E-state index in [9.17, 15) is 32.4 Å². The normalized spacial score (nSPS) is 20.2. The van der Waals surface area contributed by atoms with Crippen molar-refractivity contribution < 1.29 is 32.4 Å². The topological polar surface area (TPSA) is 202 Å². The molecule has 4 rings (SSSR count). The van der Waals surface area contributed by atoms with Gasteiger partial charge in [-0.15, -0.1) is 0 Å². The smallest absolute Gasteiger partial charge is 0.243 e. The molecule has 15 nitrogen and oxygen atoms in total. The molecule has 4 N–H and O–H groups in total. The molecule has 0 saturated carbocycles. The van der Waals surface area contributed by atoms with Crippen molar-refractivity contribution >= 4 is 39.4 Å². The first kappa shape index (κ1) is 38.7. The Balaban J connectivity index is 1.58. The molecular formula is C35H46N8O7S. The quantitative estimate of drug-likeness (QED) is 0.278. The Morgan fingerprint density at radius 2 is 1.53 bits per heavy atom. The van der Waals surface area contributed by atoms with Crippen LogP contribution in [0.1, 0.15) is 58.8 Å². The van der Waals surface area contributed by atoms with Gasteiger partial charge in [-0.3, -0.25) is 24.0 Å². The molecule has 16 heteroatoms. The molecule has 2 aromatic carbocycles. The largest absolute Gasteiger partial charge is 0.354 e. The van der Waals surface area contributed by atoms with Crippen LogP contribution in [0.2, 0.25) is 0 Å². The standard InChI is InChI=1S/C35H46N8O7S/c1-23(2)20-28-35(48)38-24(3)33-40-32(26-12-7-5-8-13-26)41-43(33)22-29(44)36-17-11-18-42(21-30(45)37-25(4)34(47)39-28)31(46)16-19-51(49,50)27-14-9-6-10-15-27/h5-10,12-15,23-25,28H,11,16-22H2,1-4H3,(H,36,44)(H,37,45)(H,38,48)(H,39,47)/t24-,25+,28+/m0/s1. The van der Waals surface area contributed by atoms with Crippen molar-refractivity contribution in [3.63, 3.8) is 0 Å². The minimum atomic E-state index is -3.76. The van der Waals surface area contributed by atoms with Crippen LogP contribution in [0.25, 0.3) is 11.4 Å².